The molecule has 1 aliphatic heterocycles. The van der Waals surface area contributed by atoms with Gasteiger partial charge in [0.1, 0.15) is 5.25 Å². The van der Waals surface area contributed by atoms with Crippen LogP contribution in [0, 0.1) is 10.1 Å². The Morgan fingerprint density at radius 3 is 2.81 bits per heavy atom. The van der Waals surface area contributed by atoms with E-state index < -0.39 is 22.0 Å². The van der Waals surface area contributed by atoms with Crippen molar-refractivity contribution in [2.75, 3.05) is 5.32 Å². The van der Waals surface area contributed by atoms with Crippen LogP contribution in [0.5, 0.6) is 0 Å². The lowest BCUT2D eigenvalue weighted by Crippen LogP contribution is -2.21. The fraction of sp³-hybridized carbons (Fsp3) is 0.182. The number of aliphatic imine (C=N–C) groups is 1. The zero-order chi connectivity index (χ0) is 15.6. The number of carbonyl (C=O) groups excluding carboxylic acids is 2. The van der Waals surface area contributed by atoms with Crippen molar-refractivity contribution >= 4 is 56.0 Å². The van der Waals surface area contributed by atoms with Crippen molar-refractivity contribution in [3.05, 3.63) is 32.8 Å². The zero-order valence-electron chi connectivity index (χ0n) is 10.4. The number of nitro benzene ring substituents is 1. The minimum atomic E-state index is -0.623. The van der Waals surface area contributed by atoms with E-state index in [0.29, 0.717) is 10.2 Å². The van der Waals surface area contributed by atoms with E-state index in [1.807, 2.05) is 0 Å². The SMILES string of the molecule is NC1=NC(=O)C(CC(=O)Nc2ccc([N+](=O)[O-])cc2Br)S1. The number of hydrogen-bond donors (Lipinski definition) is 2. The molecule has 1 aliphatic rings. The average molecular weight is 373 g/mol. The lowest BCUT2D eigenvalue weighted by atomic mass is 10.2. The average Bonchev–Trinajstić information content (AvgIpc) is 2.70. The number of amidine groups is 1. The van der Waals surface area contributed by atoms with Crippen molar-refractivity contribution in [1.29, 1.82) is 0 Å². The summed E-state index contributed by atoms with van der Waals surface area (Å²) in [5.74, 6) is -0.837. The highest BCUT2D eigenvalue weighted by Gasteiger charge is 2.29. The van der Waals surface area contributed by atoms with Crippen LogP contribution in [0.3, 0.4) is 0 Å². The molecule has 0 aromatic heterocycles. The van der Waals surface area contributed by atoms with Crippen LogP contribution >= 0.6 is 27.7 Å². The number of benzene rings is 1. The molecule has 1 unspecified atom stereocenters. The number of hydrogen-bond acceptors (Lipinski definition) is 6. The van der Waals surface area contributed by atoms with Crippen LogP contribution in [0.1, 0.15) is 6.42 Å². The van der Waals surface area contributed by atoms with Crippen molar-refractivity contribution in [2.24, 2.45) is 10.7 Å². The topological polar surface area (TPSA) is 128 Å². The third kappa shape index (κ3) is 3.79. The predicted octanol–water partition coefficient (Wildman–Crippen LogP) is 1.64. The van der Waals surface area contributed by atoms with E-state index in [-0.39, 0.29) is 17.3 Å². The van der Waals surface area contributed by atoms with E-state index >= 15 is 0 Å². The summed E-state index contributed by atoms with van der Waals surface area (Å²) in [6, 6.07) is 3.97. The normalized spacial score (nSPS) is 17.5. The Hall–Kier alpha value is -1.94. The molecule has 1 aromatic carbocycles. The molecule has 0 saturated heterocycles. The predicted molar refractivity (Wildman–Crippen MR) is 82.1 cm³/mol. The number of nitrogens with one attached hydrogen (secondary N) is 1. The van der Waals surface area contributed by atoms with Crippen molar-refractivity contribution in [3.63, 3.8) is 0 Å². The molecule has 1 heterocycles. The number of halogens is 1. The summed E-state index contributed by atoms with van der Waals surface area (Å²) in [5.41, 5.74) is 5.69. The molecule has 2 rings (SSSR count). The Bertz CT molecular complexity index is 664. The Balaban J connectivity index is 2.00. The molecule has 0 saturated carbocycles. The lowest BCUT2D eigenvalue weighted by molar-refractivity contribution is -0.384. The molecule has 10 heteroatoms. The summed E-state index contributed by atoms with van der Waals surface area (Å²) in [4.78, 5) is 36.9. The van der Waals surface area contributed by atoms with Gasteiger partial charge in [-0.1, -0.05) is 11.8 Å². The molecule has 1 aromatic rings. The maximum Gasteiger partial charge on any atom is 0.270 e. The van der Waals surface area contributed by atoms with E-state index in [2.05, 4.69) is 26.2 Å². The second-order valence-corrected chi connectivity index (χ2v) is 6.15. The van der Waals surface area contributed by atoms with E-state index in [1.165, 1.54) is 18.2 Å². The minimum absolute atomic E-state index is 0.0723. The first kappa shape index (κ1) is 15.4. The fourth-order valence-corrected chi connectivity index (χ4v) is 2.91. The first-order valence-electron chi connectivity index (χ1n) is 5.65. The first-order valence-corrected chi connectivity index (χ1v) is 7.32. The van der Waals surface area contributed by atoms with Crippen molar-refractivity contribution in [3.8, 4) is 0 Å². The van der Waals surface area contributed by atoms with Crippen molar-refractivity contribution in [2.45, 2.75) is 11.7 Å². The molecule has 110 valence electrons. The van der Waals surface area contributed by atoms with Gasteiger partial charge in [0.05, 0.1) is 10.6 Å². The molecule has 0 aliphatic carbocycles. The van der Waals surface area contributed by atoms with Crippen LogP contribution in [0.4, 0.5) is 11.4 Å². The van der Waals surface area contributed by atoms with Crippen LogP contribution in [-0.2, 0) is 9.59 Å². The van der Waals surface area contributed by atoms with Gasteiger partial charge in [-0.15, -0.1) is 0 Å². The summed E-state index contributed by atoms with van der Waals surface area (Å²) < 4.78 is 0.381. The highest BCUT2D eigenvalue weighted by Crippen LogP contribution is 2.28. The number of nitrogens with zero attached hydrogens (tertiary/aromatic N) is 2. The molecule has 3 N–H and O–H groups in total. The monoisotopic (exact) mass is 372 g/mol. The lowest BCUT2D eigenvalue weighted by Gasteiger charge is -2.09. The van der Waals surface area contributed by atoms with Gasteiger partial charge in [0.15, 0.2) is 5.17 Å². The number of non-ortho nitro benzene ring substituents is 1. The number of nitro groups is 1. The number of rotatable bonds is 4. The maximum atomic E-state index is 11.9. The highest BCUT2D eigenvalue weighted by atomic mass is 79.9. The second-order valence-electron chi connectivity index (χ2n) is 4.07. The van der Waals surface area contributed by atoms with Crippen LogP contribution in [0.15, 0.2) is 27.7 Å². The van der Waals surface area contributed by atoms with Crippen molar-refractivity contribution < 1.29 is 14.5 Å². The van der Waals surface area contributed by atoms with Gasteiger partial charge < -0.3 is 11.1 Å². The van der Waals surface area contributed by atoms with Crippen LogP contribution in [0.2, 0.25) is 0 Å². The largest absolute Gasteiger partial charge is 0.378 e. The second kappa shape index (κ2) is 6.22. The summed E-state index contributed by atoms with van der Waals surface area (Å²) in [6.45, 7) is 0. The van der Waals surface area contributed by atoms with E-state index in [0.717, 1.165) is 11.8 Å². The third-order valence-corrected chi connectivity index (χ3v) is 4.21. The number of anilines is 1. The summed E-state index contributed by atoms with van der Waals surface area (Å²) in [5, 5.41) is 12.7. The standard InChI is InChI=1S/C11H9BrN4O4S/c12-6-3-5(16(19)20)1-2-7(6)14-9(17)4-8-10(18)15-11(13)21-8/h1-3,8H,4H2,(H,14,17)(H2,13,15,18). The van der Waals surface area contributed by atoms with Crippen molar-refractivity contribution in [1.82, 2.24) is 0 Å². The van der Waals surface area contributed by atoms with Gasteiger partial charge in [-0.05, 0) is 22.0 Å². The molecule has 21 heavy (non-hydrogen) atoms. The molecular weight excluding hydrogens is 364 g/mol. The van der Waals surface area contributed by atoms with Crippen LogP contribution < -0.4 is 11.1 Å². The molecule has 8 nitrogen and oxygen atoms in total. The van der Waals surface area contributed by atoms with Gasteiger partial charge in [-0.3, -0.25) is 19.7 Å². The molecule has 1 atom stereocenters. The Kier molecular flexibility index (Phi) is 4.58. The summed E-state index contributed by atoms with van der Waals surface area (Å²) >= 11 is 4.18. The Morgan fingerprint density at radius 1 is 1.57 bits per heavy atom. The molecule has 0 fully saturated rings. The smallest absolute Gasteiger partial charge is 0.270 e. The number of thioether (sulfide) groups is 1. The zero-order valence-corrected chi connectivity index (χ0v) is 12.8. The van der Waals surface area contributed by atoms with Crippen LogP contribution in [0.25, 0.3) is 0 Å². The Morgan fingerprint density at radius 2 is 2.29 bits per heavy atom. The van der Waals surface area contributed by atoms with E-state index in [1.54, 1.807) is 0 Å². The van der Waals surface area contributed by atoms with Gasteiger partial charge in [-0.25, -0.2) is 0 Å². The number of nitrogens with two attached hydrogens (primary N) is 1. The van der Waals surface area contributed by atoms with Gasteiger partial charge in [0, 0.05) is 23.0 Å². The molecular formula is C11H9BrN4O4S. The minimum Gasteiger partial charge on any atom is -0.378 e. The number of carbonyl (C=O) groups is 2. The van der Waals surface area contributed by atoms with Crippen LogP contribution in [-0.4, -0.2) is 27.2 Å². The molecule has 0 bridgehead atoms. The molecule has 2 amide bonds. The number of amides is 2. The third-order valence-electron chi connectivity index (χ3n) is 2.57. The van der Waals surface area contributed by atoms with E-state index in [4.69, 9.17) is 5.73 Å². The molecule has 0 radical (unpaired) electrons. The van der Waals surface area contributed by atoms with Gasteiger partial charge >= 0.3 is 0 Å². The highest BCUT2D eigenvalue weighted by molar-refractivity contribution is 9.10. The van der Waals surface area contributed by atoms with Gasteiger partial charge in [0.2, 0.25) is 5.91 Å². The van der Waals surface area contributed by atoms with E-state index in [9.17, 15) is 19.7 Å². The first-order chi connectivity index (χ1) is 9.86. The molecule has 0 spiro atoms. The summed E-state index contributed by atoms with van der Waals surface area (Å²) in [7, 11) is 0. The summed E-state index contributed by atoms with van der Waals surface area (Å²) in [6.07, 6.45) is -0.0723. The fourth-order valence-electron chi connectivity index (χ4n) is 1.62. The Labute approximate surface area is 131 Å². The van der Waals surface area contributed by atoms with Gasteiger partial charge in [-0.2, -0.15) is 4.99 Å². The quantitative estimate of drug-likeness (QED) is 0.610. The van der Waals surface area contributed by atoms with Gasteiger partial charge in [0.25, 0.3) is 11.6 Å². The maximum absolute atomic E-state index is 11.9.